The summed E-state index contributed by atoms with van der Waals surface area (Å²) in [7, 11) is 4.09. The van der Waals surface area contributed by atoms with Gasteiger partial charge in [0.1, 0.15) is 0 Å². The van der Waals surface area contributed by atoms with E-state index in [0.717, 1.165) is 31.6 Å². The molecule has 0 aromatic carbocycles. The van der Waals surface area contributed by atoms with Crippen molar-refractivity contribution in [1.82, 2.24) is 9.80 Å². The van der Waals surface area contributed by atoms with E-state index in [1.807, 2.05) is 19.0 Å². The van der Waals surface area contributed by atoms with Gasteiger partial charge in [0.2, 0.25) is 0 Å². The number of thioether (sulfide) groups is 1. The molecule has 49 heavy (non-hydrogen) atoms. The van der Waals surface area contributed by atoms with E-state index in [1.54, 1.807) is 0 Å². The number of nitrogens with zero attached hydrogens (tertiary/aromatic N) is 2. The molecule has 0 saturated carbocycles. The van der Waals surface area contributed by atoms with Crippen LogP contribution < -0.4 is 0 Å². The first-order valence-electron chi connectivity index (χ1n) is 20.6. The molecule has 1 saturated heterocycles. The van der Waals surface area contributed by atoms with Gasteiger partial charge >= 0.3 is 11.9 Å². The molecular formula is C41H78N2O5S. The predicted octanol–water partition coefficient (Wildman–Crippen LogP) is 11.1. The van der Waals surface area contributed by atoms with E-state index in [1.165, 1.54) is 114 Å². The van der Waals surface area contributed by atoms with Crippen LogP contribution in [0.4, 0.5) is 4.79 Å². The van der Waals surface area contributed by atoms with Crippen LogP contribution in [0.3, 0.4) is 0 Å². The van der Waals surface area contributed by atoms with Gasteiger partial charge in [-0.25, -0.2) is 0 Å². The normalized spacial score (nSPS) is 14.6. The Morgan fingerprint density at radius 1 is 0.633 bits per heavy atom. The second kappa shape index (κ2) is 29.3. The molecule has 0 atom stereocenters. The van der Waals surface area contributed by atoms with Crippen LogP contribution in [0.25, 0.3) is 0 Å². The number of amides is 1. The maximum atomic E-state index is 13.3. The highest BCUT2D eigenvalue weighted by molar-refractivity contribution is 8.13. The molecule has 0 N–H and O–H groups in total. The molecule has 1 amide bonds. The number of hydrogen-bond donors (Lipinski definition) is 0. The van der Waals surface area contributed by atoms with Crippen LogP contribution in [-0.2, 0) is 19.1 Å². The predicted molar refractivity (Wildman–Crippen MR) is 208 cm³/mol. The molecule has 8 heteroatoms. The van der Waals surface area contributed by atoms with Crippen molar-refractivity contribution >= 4 is 28.9 Å². The van der Waals surface area contributed by atoms with Gasteiger partial charge in [-0.05, 0) is 70.0 Å². The standard InChI is InChI=1S/C41H78N2O5S/c1-7-11-15-20-36(21-16-12-8-2)24-31-47-38(44)34-41(26-29-43(30-27-41)40(46)49-33-19-28-42(5)6)35-39(45)48-32-25-37(22-17-13-9-3)23-18-14-10-4/h36-37H,7-35H2,1-6H3. The molecule has 1 rings (SSSR count). The van der Waals surface area contributed by atoms with Crippen molar-refractivity contribution in [2.24, 2.45) is 17.3 Å². The number of hydrogen-bond acceptors (Lipinski definition) is 7. The molecule has 1 heterocycles. The number of esters is 2. The Balaban J connectivity index is 2.80. The Kier molecular flexibility index (Phi) is 27.4. The molecule has 7 nitrogen and oxygen atoms in total. The quantitative estimate of drug-likeness (QED) is 0.0542. The third kappa shape index (κ3) is 23.0. The summed E-state index contributed by atoms with van der Waals surface area (Å²) in [4.78, 5) is 43.7. The van der Waals surface area contributed by atoms with Gasteiger partial charge in [-0.15, -0.1) is 0 Å². The lowest BCUT2D eigenvalue weighted by molar-refractivity contribution is -0.152. The van der Waals surface area contributed by atoms with Gasteiger partial charge in [0, 0.05) is 18.8 Å². The number of piperidine rings is 1. The van der Waals surface area contributed by atoms with E-state index in [-0.39, 0.29) is 30.0 Å². The maximum absolute atomic E-state index is 13.3. The van der Waals surface area contributed by atoms with Crippen molar-refractivity contribution in [3.63, 3.8) is 0 Å². The molecule has 1 aliphatic rings. The number of carbonyl (C=O) groups is 3. The average Bonchev–Trinajstić information content (AvgIpc) is 3.06. The van der Waals surface area contributed by atoms with Crippen molar-refractivity contribution in [3.05, 3.63) is 0 Å². The summed E-state index contributed by atoms with van der Waals surface area (Å²) < 4.78 is 11.8. The third-order valence-corrected chi connectivity index (χ3v) is 11.5. The Morgan fingerprint density at radius 2 is 1.04 bits per heavy atom. The largest absolute Gasteiger partial charge is 0.466 e. The first-order valence-corrected chi connectivity index (χ1v) is 21.5. The number of rotatable bonds is 30. The summed E-state index contributed by atoms with van der Waals surface area (Å²) in [5.41, 5.74) is -0.524. The molecule has 0 spiro atoms. The smallest absolute Gasteiger partial charge is 0.306 e. The molecule has 0 bridgehead atoms. The number of unbranched alkanes of at least 4 members (excludes halogenated alkanes) is 8. The maximum Gasteiger partial charge on any atom is 0.306 e. The van der Waals surface area contributed by atoms with Crippen molar-refractivity contribution in [1.29, 1.82) is 0 Å². The highest BCUT2D eigenvalue weighted by Gasteiger charge is 2.40. The monoisotopic (exact) mass is 711 g/mol. The number of likely N-dealkylation sites (tertiary alicyclic amines) is 1. The topological polar surface area (TPSA) is 76.2 Å². The molecule has 0 aromatic heterocycles. The SMILES string of the molecule is CCCCCC(CCCCC)CCOC(=O)CC1(CC(=O)OCCC(CCCCC)CCCCC)CCN(C(=O)SCCCN(C)C)CC1. The van der Waals surface area contributed by atoms with Crippen molar-refractivity contribution in [2.75, 3.05) is 52.7 Å². The number of ether oxygens (including phenoxy) is 2. The lowest BCUT2D eigenvalue weighted by Gasteiger charge is -2.40. The van der Waals surface area contributed by atoms with Crippen LogP contribution in [0, 0.1) is 17.3 Å². The van der Waals surface area contributed by atoms with E-state index in [9.17, 15) is 14.4 Å². The summed E-state index contributed by atoms with van der Waals surface area (Å²) in [6, 6.07) is 0. The summed E-state index contributed by atoms with van der Waals surface area (Å²) in [5.74, 6) is 1.59. The van der Waals surface area contributed by atoms with Gasteiger partial charge in [0.05, 0.1) is 26.1 Å². The molecule has 1 aliphatic heterocycles. The Bertz CT molecular complexity index is 780. The van der Waals surface area contributed by atoms with Crippen molar-refractivity contribution < 1.29 is 23.9 Å². The van der Waals surface area contributed by atoms with Crippen LogP contribution in [0.1, 0.15) is 175 Å². The molecule has 0 aliphatic carbocycles. The zero-order valence-electron chi connectivity index (χ0n) is 33.0. The third-order valence-electron chi connectivity index (χ3n) is 10.5. The van der Waals surface area contributed by atoms with Gasteiger partial charge in [-0.3, -0.25) is 14.4 Å². The fourth-order valence-corrected chi connectivity index (χ4v) is 8.02. The van der Waals surface area contributed by atoms with Crippen LogP contribution >= 0.6 is 11.8 Å². The lowest BCUT2D eigenvalue weighted by atomic mass is 9.73. The molecule has 0 radical (unpaired) electrons. The van der Waals surface area contributed by atoms with E-state index < -0.39 is 5.41 Å². The molecular weight excluding hydrogens is 633 g/mol. The molecule has 288 valence electrons. The Hall–Kier alpha value is -1.28. The van der Waals surface area contributed by atoms with Crippen molar-refractivity contribution in [2.45, 2.75) is 175 Å². The van der Waals surface area contributed by atoms with Gasteiger partial charge in [-0.1, -0.05) is 142 Å². The molecule has 0 unspecified atom stereocenters. The van der Waals surface area contributed by atoms with Crippen LogP contribution in [0.2, 0.25) is 0 Å². The first-order chi connectivity index (χ1) is 23.7. The minimum absolute atomic E-state index is 0.104. The minimum atomic E-state index is -0.524. The average molecular weight is 711 g/mol. The highest BCUT2D eigenvalue weighted by Crippen LogP contribution is 2.40. The van der Waals surface area contributed by atoms with Gasteiger partial charge in [0.25, 0.3) is 5.24 Å². The zero-order chi connectivity index (χ0) is 36.2. The van der Waals surface area contributed by atoms with E-state index in [0.29, 0.717) is 51.0 Å². The van der Waals surface area contributed by atoms with E-state index in [2.05, 4.69) is 32.6 Å². The second-order valence-electron chi connectivity index (χ2n) is 15.3. The van der Waals surface area contributed by atoms with Crippen molar-refractivity contribution in [3.8, 4) is 0 Å². The first kappa shape index (κ1) is 45.7. The molecule has 0 aromatic rings. The Labute approximate surface area is 307 Å². The van der Waals surface area contributed by atoms with E-state index >= 15 is 0 Å². The summed E-state index contributed by atoms with van der Waals surface area (Å²) in [6.45, 7) is 12.0. The number of carbonyl (C=O) groups excluding carboxylic acids is 3. The summed E-state index contributed by atoms with van der Waals surface area (Å²) in [6.07, 6.45) is 24.2. The molecule has 1 fully saturated rings. The zero-order valence-corrected chi connectivity index (χ0v) is 33.8. The summed E-state index contributed by atoms with van der Waals surface area (Å²) in [5, 5.41) is 0.104. The highest BCUT2D eigenvalue weighted by atomic mass is 32.2. The lowest BCUT2D eigenvalue weighted by Crippen LogP contribution is -2.44. The van der Waals surface area contributed by atoms with Gasteiger partial charge < -0.3 is 19.3 Å². The fourth-order valence-electron chi connectivity index (χ4n) is 7.20. The minimum Gasteiger partial charge on any atom is -0.466 e. The Morgan fingerprint density at radius 3 is 1.41 bits per heavy atom. The van der Waals surface area contributed by atoms with Gasteiger partial charge in [-0.2, -0.15) is 0 Å². The van der Waals surface area contributed by atoms with E-state index in [4.69, 9.17) is 9.47 Å². The van der Waals surface area contributed by atoms with Gasteiger partial charge in [0.15, 0.2) is 0 Å². The fraction of sp³-hybridized carbons (Fsp3) is 0.927. The summed E-state index contributed by atoms with van der Waals surface area (Å²) >= 11 is 1.38. The second-order valence-corrected chi connectivity index (χ2v) is 16.4. The van der Waals surface area contributed by atoms with Crippen LogP contribution in [0.15, 0.2) is 0 Å². The van der Waals surface area contributed by atoms with Crippen LogP contribution in [-0.4, -0.2) is 79.7 Å². The van der Waals surface area contributed by atoms with Crippen LogP contribution in [0.5, 0.6) is 0 Å².